The Morgan fingerprint density at radius 2 is 1.77 bits per heavy atom. The van der Waals surface area contributed by atoms with Crippen LogP contribution in [0.2, 0.25) is 0 Å². The van der Waals surface area contributed by atoms with E-state index in [1.807, 2.05) is 0 Å². The molecular weight excluding hydrogens is 489 g/mol. The van der Waals surface area contributed by atoms with E-state index in [0.717, 1.165) is 28.0 Å². The number of nitro groups is 1. The van der Waals surface area contributed by atoms with Gasteiger partial charge in [0.25, 0.3) is 11.2 Å². The molecule has 182 valence electrons. The quantitative estimate of drug-likeness (QED) is 0.279. The number of fused-ring (bicyclic) bond motifs is 1. The summed E-state index contributed by atoms with van der Waals surface area (Å²) in [6.07, 6.45) is -2.53. The summed E-state index contributed by atoms with van der Waals surface area (Å²) in [5.41, 5.74) is -0.550. The molecule has 2 heterocycles. The second-order valence-electron chi connectivity index (χ2n) is 7.35. The number of benzene rings is 2. The van der Waals surface area contributed by atoms with Crippen molar-refractivity contribution in [2.75, 3.05) is 14.2 Å². The van der Waals surface area contributed by atoms with E-state index in [0.29, 0.717) is 27.7 Å². The maximum absolute atomic E-state index is 12.7. The molecule has 0 saturated heterocycles. The molecule has 0 bridgehead atoms. The van der Waals surface area contributed by atoms with Crippen LogP contribution in [0.4, 0.5) is 18.9 Å². The fraction of sp³-hybridized carbons (Fsp3) is 0.227. The van der Waals surface area contributed by atoms with Crippen LogP contribution in [-0.2, 0) is 19.0 Å². The highest BCUT2D eigenvalue weighted by atomic mass is 32.1. The van der Waals surface area contributed by atoms with Crippen molar-refractivity contribution in [3.05, 3.63) is 83.9 Å². The first-order valence-electron chi connectivity index (χ1n) is 10.1. The zero-order chi connectivity index (χ0) is 25.3. The molecule has 0 amide bonds. The Labute approximate surface area is 199 Å². The van der Waals surface area contributed by atoms with Gasteiger partial charge in [-0.15, -0.1) is 5.10 Å². The van der Waals surface area contributed by atoms with Crippen molar-refractivity contribution in [1.82, 2.24) is 14.6 Å². The van der Waals surface area contributed by atoms with Crippen LogP contribution in [0, 0.1) is 10.1 Å². The van der Waals surface area contributed by atoms with Crippen molar-refractivity contribution in [1.29, 1.82) is 0 Å². The second-order valence-corrected chi connectivity index (χ2v) is 8.36. The number of alkyl halides is 3. The van der Waals surface area contributed by atoms with E-state index >= 15 is 0 Å². The first-order chi connectivity index (χ1) is 16.6. The van der Waals surface area contributed by atoms with Gasteiger partial charge in [-0.2, -0.15) is 17.7 Å². The van der Waals surface area contributed by atoms with Gasteiger partial charge in [0, 0.05) is 12.0 Å². The number of thiazole rings is 1. The summed E-state index contributed by atoms with van der Waals surface area (Å²) in [7, 11) is 2.81. The molecule has 0 saturated carbocycles. The van der Waals surface area contributed by atoms with Crippen molar-refractivity contribution >= 4 is 28.1 Å². The summed E-state index contributed by atoms with van der Waals surface area (Å²) < 4.78 is 49.9. The average Bonchev–Trinajstić information content (AvgIpc) is 3.35. The predicted octanol–water partition coefficient (Wildman–Crippen LogP) is 3.43. The molecular formula is C22H17F3N4O5S. The smallest absolute Gasteiger partial charge is 0.416 e. The van der Waals surface area contributed by atoms with Gasteiger partial charge in [-0.05, 0) is 36.3 Å². The number of nitro benzene ring substituents is 1. The third kappa shape index (κ3) is 4.94. The largest absolute Gasteiger partial charge is 0.493 e. The summed E-state index contributed by atoms with van der Waals surface area (Å²) in [4.78, 5) is 28.3. The summed E-state index contributed by atoms with van der Waals surface area (Å²) in [6.45, 7) is 0. The molecule has 2 aromatic carbocycles. The van der Waals surface area contributed by atoms with E-state index in [9.17, 15) is 28.1 Å². The number of nitrogens with zero attached hydrogens (tertiary/aromatic N) is 4. The molecule has 0 aliphatic rings. The molecule has 0 aliphatic heterocycles. The van der Waals surface area contributed by atoms with E-state index in [1.54, 1.807) is 0 Å². The monoisotopic (exact) mass is 506 g/mol. The summed E-state index contributed by atoms with van der Waals surface area (Å²) in [6, 6.07) is 7.24. The van der Waals surface area contributed by atoms with Crippen molar-refractivity contribution < 1.29 is 27.6 Å². The maximum Gasteiger partial charge on any atom is 0.416 e. The van der Waals surface area contributed by atoms with E-state index in [4.69, 9.17) is 9.47 Å². The molecule has 0 aliphatic carbocycles. The Morgan fingerprint density at radius 1 is 1.11 bits per heavy atom. The Bertz CT molecular complexity index is 1510. The Morgan fingerprint density at radius 3 is 2.34 bits per heavy atom. The number of aryl methyl sites for hydroxylation is 2. The predicted molar refractivity (Wildman–Crippen MR) is 121 cm³/mol. The van der Waals surface area contributed by atoms with Crippen molar-refractivity contribution in [3.8, 4) is 11.5 Å². The van der Waals surface area contributed by atoms with Gasteiger partial charge >= 0.3 is 6.18 Å². The lowest BCUT2D eigenvalue weighted by Crippen LogP contribution is -2.23. The number of hydrogen-bond acceptors (Lipinski definition) is 8. The number of rotatable bonds is 7. The lowest BCUT2D eigenvalue weighted by Gasteiger charge is -2.10. The van der Waals surface area contributed by atoms with Crippen LogP contribution in [0.3, 0.4) is 0 Å². The van der Waals surface area contributed by atoms with Gasteiger partial charge in [0.1, 0.15) is 0 Å². The van der Waals surface area contributed by atoms with Crippen LogP contribution >= 0.6 is 11.3 Å². The molecule has 0 unspecified atom stereocenters. The molecule has 4 aromatic rings. The Hall–Kier alpha value is -4.00. The first kappa shape index (κ1) is 24.1. The summed E-state index contributed by atoms with van der Waals surface area (Å²) >= 11 is 1.04. The van der Waals surface area contributed by atoms with Crippen LogP contribution in [-0.4, -0.2) is 33.7 Å². The lowest BCUT2D eigenvalue weighted by atomic mass is 10.1. The molecule has 9 nitrogen and oxygen atoms in total. The van der Waals surface area contributed by atoms with Crippen LogP contribution in [0.5, 0.6) is 11.5 Å². The standard InChI is InChI=1S/C22H17F3N4O5S/c1-33-16-10-13(15(29(31)32)11-17(16)34-2)5-8-19-26-21-28(27-19)20(30)18(35-21)9-12-3-6-14(7-4-12)22(23,24)25/h3-4,6-7,9-11H,5,8H2,1-2H3/b18-9-. The van der Waals surface area contributed by atoms with E-state index in [2.05, 4.69) is 10.1 Å². The molecule has 35 heavy (non-hydrogen) atoms. The number of ether oxygens (including phenoxy) is 2. The lowest BCUT2D eigenvalue weighted by molar-refractivity contribution is -0.385. The van der Waals surface area contributed by atoms with Gasteiger partial charge in [-0.25, -0.2) is 4.98 Å². The van der Waals surface area contributed by atoms with E-state index < -0.39 is 22.2 Å². The maximum atomic E-state index is 12.7. The Balaban J connectivity index is 1.58. The van der Waals surface area contributed by atoms with Crippen LogP contribution < -0.4 is 19.6 Å². The van der Waals surface area contributed by atoms with Gasteiger partial charge in [-0.1, -0.05) is 23.5 Å². The average molecular weight is 506 g/mol. The zero-order valence-corrected chi connectivity index (χ0v) is 19.1. The van der Waals surface area contributed by atoms with Gasteiger partial charge in [0.05, 0.1) is 35.3 Å². The molecule has 0 fully saturated rings. The molecule has 2 aromatic heterocycles. The molecule has 13 heteroatoms. The number of methoxy groups -OCH3 is 2. The number of hydrogen-bond donors (Lipinski definition) is 0. The minimum Gasteiger partial charge on any atom is -0.493 e. The normalized spacial score (nSPS) is 12.3. The van der Waals surface area contributed by atoms with Crippen LogP contribution in [0.25, 0.3) is 11.0 Å². The topological polar surface area (TPSA) is 109 Å². The van der Waals surface area contributed by atoms with Crippen molar-refractivity contribution in [2.45, 2.75) is 19.0 Å². The fourth-order valence-electron chi connectivity index (χ4n) is 3.43. The molecule has 4 rings (SSSR count). The molecule has 0 atom stereocenters. The third-order valence-corrected chi connectivity index (χ3v) is 6.12. The first-order valence-corrected chi connectivity index (χ1v) is 10.9. The van der Waals surface area contributed by atoms with Crippen molar-refractivity contribution in [2.24, 2.45) is 0 Å². The number of aromatic nitrogens is 3. The fourth-order valence-corrected chi connectivity index (χ4v) is 4.35. The highest BCUT2D eigenvalue weighted by molar-refractivity contribution is 7.15. The number of halogens is 3. The van der Waals surface area contributed by atoms with E-state index in [1.165, 1.54) is 44.6 Å². The third-order valence-electron chi connectivity index (χ3n) is 5.16. The Kier molecular flexibility index (Phi) is 6.43. The van der Waals surface area contributed by atoms with Gasteiger partial charge in [-0.3, -0.25) is 14.9 Å². The second kappa shape index (κ2) is 9.33. The highest BCUT2D eigenvalue weighted by Gasteiger charge is 2.29. The summed E-state index contributed by atoms with van der Waals surface area (Å²) in [5, 5.41) is 15.7. The highest BCUT2D eigenvalue weighted by Crippen LogP contribution is 2.35. The SMILES string of the molecule is COc1cc(CCc2nc3s/c(=C\c4ccc(C(F)(F)F)cc4)c(=O)n3n2)c([N+](=O)[O-])cc1OC. The summed E-state index contributed by atoms with van der Waals surface area (Å²) in [5.74, 6) is 0.895. The van der Waals surface area contributed by atoms with Crippen LogP contribution in [0.15, 0.2) is 41.2 Å². The molecule has 0 radical (unpaired) electrons. The minimum atomic E-state index is -4.44. The van der Waals surface area contributed by atoms with Gasteiger partial charge in [0.15, 0.2) is 17.3 Å². The van der Waals surface area contributed by atoms with Crippen LogP contribution in [0.1, 0.15) is 22.5 Å². The molecule has 0 spiro atoms. The molecule has 0 N–H and O–H groups in total. The zero-order valence-electron chi connectivity index (χ0n) is 18.3. The van der Waals surface area contributed by atoms with E-state index in [-0.39, 0.29) is 28.8 Å². The van der Waals surface area contributed by atoms with Gasteiger partial charge in [0.2, 0.25) is 4.96 Å². The minimum absolute atomic E-state index is 0.137. The van der Waals surface area contributed by atoms with Crippen molar-refractivity contribution in [3.63, 3.8) is 0 Å². The van der Waals surface area contributed by atoms with Gasteiger partial charge < -0.3 is 9.47 Å².